The lowest BCUT2D eigenvalue weighted by Crippen LogP contribution is -1.93. The van der Waals surface area contributed by atoms with E-state index < -0.39 is 0 Å². The van der Waals surface area contributed by atoms with Gasteiger partial charge in [-0.05, 0) is 54.6 Å². The lowest BCUT2D eigenvalue weighted by molar-refractivity contribution is 0.104. The predicted molar refractivity (Wildman–Crippen MR) is 76.1 cm³/mol. The molecule has 4 heteroatoms. The van der Waals surface area contributed by atoms with Crippen molar-refractivity contribution >= 4 is 11.9 Å². The molecule has 0 heterocycles. The molecule has 0 saturated heterocycles. The van der Waals surface area contributed by atoms with Gasteiger partial charge < -0.3 is 14.9 Å². The molecule has 2 aromatic rings. The van der Waals surface area contributed by atoms with Crippen molar-refractivity contribution in [1.29, 1.82) is 0 Å². The van der Waals surface area contributed by atoms with Gasteiger partial charge in [0, 0.05) is 11.1 Å². The molecule has 0 amide bonds. The molecular weight excluding hydrogens is 256 g/mol. The number of ketones is 1. The highest BCUT2D eigenvalue weighted by atomic mass is 16.5. The summed E-state index contributed by atoms with van der Waals surface area (Å²) in [6, 6.07) is 10.6. The first-order valence-corrected chi connectivity index (χ1v) is 5.98. The average Bonchev–Trinajstić information content (AvgIpc) is 2.45. The molecule has 0 atom stereocenters. The molecule has 0 aromatic heterocycles. The minimum atomic E-state index is -0.199. The molecule has 2 rings (SSSR count). The second kappa shape index (κ2) is 5.93. The third-order valence-electron chi connectivity index (χ3n) is 2.78. The zero-order valence-corrected chi connectivity index (χ0v) is 10.9. The van der Waals surface area contributed by atoms with Gasteiger partial charge >= 0.3 is 0 Å². The number of aromatic hydroxyl groups is 2. The van der Waals surface area contributed by atoms with Gasteiger partial charge in [-0.2, -0.15) is 0 Å². The monoisotopic (exact) mass is 270 g/mol. The number of methoxy groups -OCH3 is 1. The van der Waals surface area contributed by atoms with E-state index in [4.69, 9.17) is 4.74 Å². The summed E-state index contributed by atoms with van der Waals surface area (Å²) < 4.78 is 5.15. The van der Waals surface area contributed by atoms with Crippen molar-refractivity contribution in [3.63, 3.8) is 0 Å². The summed E-state index contributed by atoms with van der Waals surface area (Å²) in [5, 5.41) is 18.6. The number of allylic oxidation sites excluding steroid dienone is 1. The Morgan fingerprint density at radius 3 is 2.35 bits per heavy atom. The molecule has 0 spiro atoms. The molecule has 0 aliphatic rings. The van der Waals surface area contributed by atoms with Gasteiger partial charge in [0.25, 0.3) is 0 Å². The standard InChI is InChI=1S/C16H14O4/c1-20-16-9-7-14(18)10-12(16)4-8-15(19)11-2-5-13(17)6-3-11/h2-10,17-18H,1H3/b8-4+. The van der Waals surface area contributed by atoms with Gasteiger partial charge in [-0.15, -0.1) is 0 Å². The SMILES string of the molecule is COc1ccc(O)cc1/C=C/C(=O)c1ccc(O)cc1. The largest absolute Gasteiger partial charge is 0.508 e. The van der Waals surface area contributed by atoms with Crippen molar-refractivity contribution in [2.45, 2.75) is 0 Å². The van der Waals surface area contributed by atoms with Gasteiger partial charge in [0.2, 0.25) is 0 Å². The molecule has 0 aliphatic carbocycles. The molecular formula is C16H14O4. The number of ether oxygens (including phenoxy) is 1. The topological polar surface area (TPSA) is 66.8 Å². The Morgan fingerprint density at radius 1 is 1.05 bits per heavy atom. The molecule has 0 saturated carbocycles. The number of hydrogen-bond acceptors (Lipinski definition) is 4. The number of rotatable bonds is 4. The molecule has 0 aliphatic heterocycles. The van der Waals surface area contributed by atoms with Crippen molar-refractivity contribution in [2.75, 3.05) is 7.11 Å². The van der Waals surface area contributed by atoms with Crippen LogP contribution in [-0.4, -0.2) is 23.1 Å². The first kappa shape index (κ1) is 13.7. The second-order valence-corrected chi connectivity index (χ2v) is 4.17. The van der Waals surface area contributed by atoms with Gasteiger partial charge in [0.1, 0.15) is 17.2 Å². The lowest BCUT2D eigenvalue weighted by Gasteiger charge is -2.04. The predicted octanol–water partition coefficient (Wildman–Crippen LogP) is 3.00. The van der Waals surface area contributed by atoms with Crippen molar-refractivity contribution in [3.8, 4) is 17.2 Å². The van der Waals surface area contributed by atoms with E-state index in [1.807, 2.05) is 0 Å². The maximum absolute atomic E-state index is 11.9. The Hall–Kier alpha value is -2.75. The lowest BCUT2D eigenvalue weighted by atomic mass is 10.1. The van der Waals surface area contributed by atoms with E-state index in [0.29, 0.717) is 16.9 Å². The van der Waals surface area contributed by atoms with Gasteiger partial charge in [0.05, 0.1) is 7.11 Å². The quantitative estimate of drug-likeness (QED) is 0.662. The van der Waals surface area contributed by atoms with E-state index in [2.05, 4.69) is 0 Å². The van der Waals surface area contributed by atoms with Crippen LogP contribution in [0, 0.1) is 0 Å². The highest BCUT2D eigenvalue weighted by Gasteiger charge is 2.04. The first-order chi connectivity index (χ1) is 9.60. The van der Waals surface area contributed by atoms with E-state index in [1.165, 1.54) is 37.5 Å². The number of phenolic OH excluding ortho intramolecular Hbond substituents is 2. The summed E-state index contributed by atoms with van der Waals surface area (Å²) in [6.45, 7) is 0. The molecule has 0 bridgehead atoms. The highest BCUT2D eigenvalue weighted by Crippen LogP contribution is 2.24. The maximum Gasteiger partial charge on any atom is 0.185 e. The fourth-order valence-corrected chi connectivity index (χ4v) is 1.74. The molecule has 2 aromatic carbocycles. The van der Waals surface area contributed by atoms with Crippen LogP contribution in [-0.2, 0) is 0 Å². The van der Waals surface area contributed by atoms with Gasteiger partial charge in [-0.25, -0.2) is 0 Å². The third kappa shape index (κ3) is 3.17. The van der Waals surface area contributed by atoms with Crippen LogP contribution in [0.3, 0.4) is 0 Å². The van der Waals surface area contributed by atoms with Crippen molar-refractivity contribution in [2.24, 2.45) is 0 Å². The maximum atomic E-state index is 11.9. The van der Waals surface area contributed by atoms with Gasteiger partial charge in [-0.3, -0.25) is 4.79 Å². The number of hydrogen-bond donors (Lipinski definition) is 2. The molecule has 0 radical (unpaired) electrons. The summed E-state index contributed by atoms with van der Waals surface area (Å²) in [7, 11) is 1.52. The second-order valence-electron chi connectivity index (χ2n) is 4.17. The van der Waals surface area contributed by atoms with Crippen LogP contribution in [0.2, 0.25) is 0 Å². The molecule has 0 unspecified atom stereocenters. The van der Waals surface area contributed by atoms with Crippen LogP contribution in [0.5, 0.6) is 17.2 Å². The van der Waals surface area contributed by atoms with Gasteiger partial charge in [-0.1, -0.05) is 0 Å². The third-order valence-corrected chi connectivity index (χ3v) is 2.78. The van der Waals surface area contributed by atoms with Crippen molar-refractivity contribution < 1.29 is 19.7 Å². The van der Waals surface area contributed by atoms with Crippen LogP contribution in [0.25, 0.3) is 6.08 Å². The summed E-state index contributed by atoms with van der Waals surface area (Å²) in [6.07, 6.45) is 2.97. The fraction of sp³-hybridized carbons (Fsp3) is 0.0625. The molecule has 4 nitrogen and oxygen atoms in total. The summed E-state index contributed by atoms with van der Waals surface area (Å²) in [4.78, 5) is 11.9. The van der Waals surface area contributed by atoms with E-state index in [-0.39, 0.29) is 17.3 Å². The summed E-state index contributed by atoms with van der Waals surface area (Å²) >= 11 is 0. The van der Waals surface area contributed by atoms with E-state index in [1.54, 1.807) is 24.3 Å². The van der Waals surface area contributed by atoms with Gasteiger partial charge in [0.15, 0.2) is 5.78 Å². The summed E-state index contributed by atoms with van der Waals surface area (Å²) in [5.74, 6) is 0.579. The van der Waals surface area contributed by atoms with Crippen LogP contribution >= 0.6 is 0 Å². The van der Waals surface area contributed by atoms with E-state index >= 15 is 0 Å². The van der Waals surface area contributed by atoms with E-state index in [0.717, 1.165) is 0 Å². The number of carbonyl (C=O) groups is 1. The number of benzene rings is 2. The summed E-state index contributed by atoms with van der Waals surface area (Å²) in [5.41, 5.74) is 1.08. The molecule has 0 fully saturated rings. The molecule has 2 N–H and O–H groups in total. The minimum Gasteiger partial charge on any atom is -0.508 e. The molecule has 20 heavy (non-hydrogen) atoms. The van der Waals surface area contributed by atoms with Crippen LogP contribution in [0.15, 0.2) is 48.5 Å². The van der Waals surface area contributed by atoms with Crippen molar-refractivity contribution in [1.82, 2.24) is 0 Å². The number of phenols is 2. The average molecular weight is 270 g/mol. The Kier molecular flexibility index (Phi) is 4.05. The minimum absolute atomic E-state index is 0.0996. The first-order valence-electron chi connectivity index (χ1n) is 5.98. The van der Waals surface area contributed by atoms with Crippen molar-refractivity contribution in [3.05, 3.63) is 59.7 Å². The highest BCUT2D eigenvalue weighted by molar-refractivity contribution is 6.07. The zero-order valence-electron chi connectivity index (χ0n) is 10.9. The molecule has 102 valence electrons. The zero-order chi connectivity index (χ0) is 14.5. The Bertz CT molecular complexity index is 642. The fourth-order valence-electron chi connectivity index (χ4n) is 1.74. The van der Waals surface area contributed by atoms with Crippen LogP contribution < -0.4 is 4.74 Å². The van der Waals surface area contributed by atoms with E-state index in [9.17, 15) is 15.0 Å². The number of carbonyl (C=O) groups excluding carboxylic acids is 1. The smallest absolute Gasteiger partial charge is 0.185 e. The Morgan fingerprint density at radius 2 is 1.70 bits per heavy atom. The normalized spacial score (nSPS) is 10.7. The van der Waals surface area contributed by atoms with Crippen LogP contribution in [0.1, 0.15) is 15.9 Å². The Labute approximate surface area is 116 Å². The van der Waals surface area contributed by atoms with Crippen LogP contribution in [0.4, 0.5) is 0 Å². The Balaban J connectivity index is 2.22.